The average Bonchev–Trinajstić information content (AvgIpc) is 3.07. The molecule has 144 valence electrons. The van der Waals surface area contributed by atoms with E-state index in [1.165, 1.54) is 11.1 Å². The lowest BCUT2D eigenvalue weighted by molar-refractivity contribution is 0.0933. The third kappa shape index (κ3) is 4.35. The summed E-state index contributed by atoms with van der Waals surface area (Å²) in [4.78, 5) is 12.5. The number of fused-ring (bicyclic) bond motifs is 1. The van der Waals surface area contributed by atoms with Crippen LogP contribution in [0.25, 0.3) is 0 Å². The number of rotatable bonds is 5. The summed E-state index contributed by atoms with van der Waals surface area (Å²) in [6.07, 6.45) is 0.729. The van der Waals surface area contributed by atoms with Crippen molar-refractivity contribution in [1.29, 1.82) is 0 Å². The number of hydrogen-bond acceptors (Lipinski definition) is 4. The maximum absolute atomic E-state index is 12.5. The van der Waals surface area contributed by atoms with Crippen molar-refractivity contribution >= 4 is 5.91 Å². The van der Waals surface area contributed by atoms with Crippen LogP contribution in [-0.4, -0.2) is 32.8 Å². The largest absolute Gasteiger partial charge is 0.497 e. The predicted octanol–water partition coefficient (Wildman–Crippen LogP) is 3.73. The first-order valence-electron chi connectivity index (χ1n) is 9.11. The molecule has 0 saturated carbocycles. The van der Waals surface area contributed by atoms with Crippen LogP contribution in [0, 0.1) is 0 Å². The Bertz CT molecular complexity index is 816. The van der Waals surface area contributed by atoms with Crippen molar-refractivity contribution in [2.45, 2.75) is 38.7 Å². The molecule has 1 amide bonds. The van der Waals surface area contributed by atoms with Gasteiger partial charge in [0.1, 0.15) is 23.4 Å². The Hall–Kier alpha value is -2.69. The SMILES string of the molecule is COc1cc(OC)cc(C(=O)NCC2Cc3cc(C(C)(C)C)ccc3O2)c1. The zero-order chi connectivity index (χ0) is 19.6. The number of hydrogen-bond donors (Lipinski definition) is 1. The van der Waals surface area contributed by atoms with Crippen LogP contribution >= 0.6 is 0 Å². The molecule has 0 fully saturated rings. The Morgan fingerprint density at radius 3 is 2.37 bits per heavy atom. The average molecular weight is 369 g/mol. The lowest BCUT2D eigenvalue weighted by Gasteiger charge is -2.19. The molecule has 5 nitrogen and oxygen atoms in total. The first-order chi connectivity index (χ1) is 12.8. The summed E-state index contributed by atoms with van der Waals surface area (Å²) in [5, 5.41) is 2.95. The standard InChI is InChI=1S/C22H27NO4/c1-22(2,3)16-6-7-20-14(8-16)9-19(27-20)13-23-21(24)15-10-17(25-4)12-18(11-15)26-5/h6-8,10-12,19H,9,13H2,1-5H3,(H,23,24). The fourth-order valence-electron chi connectivity index (χ4n) is 3.15. The quantitative estimate of drug-likeness (QED) is 0.872. The second kappa shape index (κ2) is 7.51. The van der Waals surface area contributed by atoms with E-state index in [1.54, 1.807) is 32.4 Å². The van der Waals surface area contributed by atoms with Gasteiger partial charge >= 0.3 is 0 Å². The Kier molecular flexibility index (Phi) is 5.31. The van der Waals surface area contributed by atoms with Gasteiger partial charge in [-0.05, 0) is 34.7 Å². The van der Waals surface area contributed by atoms with Crippen LogP contribution in [0.3, 0.4) is 0 Å². The summed E-state index contributed by atoms with van der Waals surface area (Å²) < 4.78 is 16.4. The second-order valence-electron chi connectivity index (χ2n) is 7.83. The highest BCUT2D eigenvalue weighted by molar-refractivity contribution is 5.95. The van der Waals surface area contributed by atoms with Crippen molar-refractivity contribution < 1.29 is 19.0 Å². The van der Waals surface area contributed by atoms with E-state index in [-0.39, 0.29) is 17.4 Å². The van der Waals surface area contributed by atoms with E-state index in [9.17, 15) is 4.79 Å². The summed E-state index contributed by atoms with van der Waals surface area (Å²) in [5.41, 5.74) is 3.09. The molecule has 1 unspecified atom stereocenters. The number of ether oxygens (including phenoxy) is 3. The summed E-state index contributed by atoms with van der Waals surface area (Å²) in [6, 6.07) is 11.5. The van der Waals surface area contributed by atoms with Gasteiger partial charge in [0, 0.05) is 18.1 Å². The van der Waals surface area contributed by atoms with Crippen LogP contribution < -0.4 is 19.5 Å². The van der Waals surface area contributed by atoms with E-state index in [4.69, 9.17) is 14.2 Å². The van der Waals surface area contributed by atoms with Crippen molar-refractivity contribution in [3.05, 3.63) is 53.1 Å². The highest BCUT2D eigenvalue weighted by Gasteiger charge is 2.25. The van der Waals surface area contributed by atoms with Crippen molar-refractivity contribution in [3.63, 3.8) is 0 Å². The Morgan fingerprint density at radius 2 is 1.78 bits per heavy atom. The molecule has 27 heavy (non-hydrogen) atoms. The molecule has 1 atom stereocenters. The molecule has 5 heteroatoms. The van der Waals surface area contributed by atoms with E-state index in [0.29, 0.717) is 23.6 Å². The van der Waals surface area contributed by atoms with Gasteiger partial charge in [0.25, 0.3) is 5.91 Å². The molecule has 0 spiro atoms. The van der Waals surface area contributed by atoms with Gasteiger partial charge in [0.2, 0.25) is 0 Å². The van der Waals surface area contributed by atoms with Crippen LogP contribution in [0.2, 0.25) is 0 Å². The van der Waals surface area contributed by atoms with Gasteiger partial charge in [0.05, 0.1) is 20.8 Å². The van der Waals surface area contributed by atoms with Gasteiger partial charge in [-0.15, -0.1) is 0 Å². The summed E-state index contributed by atoms with van der Waals surface area (Å²) in [6.45, 7) is 7.04. The van der Waals surface area contributed by atoms with E-state index < -0.39 is 0 Å². The topological polar surface area (TPSA) is 56.8 Å². The summed E-state index contributed by atoms with van der Waals surface area (Å²) in [7, 11) is 3.12. The van der Waals surface area contributed by atoms with Gasteiger partial charge in [0.15, 0.2) is 0 Å². The van der Waals surface area contributed by atoms with Crippen LogP contribution in [0.15, 0.2) is 36.4 Å². The minimum atomic E-state index is -0.179. The number of amides is 1. The molecule has 1 heterocycles. The molecule has 1 aliphatic heterocycles. The van der Waals surface area contributed by atoms with Crippen LogP contribution in [0.4, 0.5) is 0 Å². The first kappa shape index (κ1) is 19.1. The number of carbonyl (C=O) groups excluding carboxylic acids is 1. The zero-order valence-electron chi connectivity index (χ0n) is 16.6. The molecule has 2 aromatic carbocycles. The fraction of sp³-hybridized carbons (Fsp3) is 0.409. The van der Waals surface area contributed by atoms with Gasteiger partial charge in [-0.3, -0.25) is 4.79 Å². The zero-order valence-corrected chi connectivity index (χ0v) is 16.6. The van der Waals surface area contributed by atoms with Crippen LogP contribution in [-0.2, 0) is 11.8 Å². The van der Waals surface area contributed by atoms with Gasteiger partial charge in [-0.1, -0.05) is 32.9 Å². The number of methoxy groups -OCH3 is 2. The molecular weight excluding hydrogens is 342 g/mol. The molecule has 1 N–H and O–H groups in total. The van der Waals surface area contributed by atoms with Crippen LogP contribution in [0.1, 0.15) is 42.3 Å². The molecule has 0 aromatic heterocycles. The van der Waals surface area contributed by atoms with E-state index in [2.05, 4.69) is 38.2 Å². The lowest BCUT2D eigenvalue weighted by atomic mass is 9.86. The Morgan fingerprint density at radius 1 is 1.11 bits per heavy atom. The van der Waals surface area contributed by atoms with Crippen molar-refractivity contribution in [2.24, 2.45) is 0 Å². The molecule has 0 bridgehead atoms. The van der Waals surface area contributed by atoms with Crippen LogP contribution in [0.5, 0.6) is 17.2 Å². The highest BCUT2D eigenvalue weighted by atomic mass is 16.5. The maximum Gasteiger partial charge on any atom is 0.251 e. The molecular formula is C22H27NO4. The third-order valence-corrected chi connectivity index (χ3v) is 4.77. The molecule has 0 aliphatic carbocycles. The minimum absolute atomic E-state index is 0.0633. The van der Waals surface area contributed by atoms with Gasteiger partial charge in [-0.25, -0.2) is 0 Å². The monoisotopic (exact) mass is 369 g/mol. The molecule has 3 rings (SSSR count). The molecule has 0 saturated heterocycles. The smallest absolute Gasteiger partial charge is 0.251 e. The third-order valence-electron chi connectivity index (χ3n) is 4.77. The minimum Gasteiger partial charge on any atom is -0.497 e. The fourth-order valence-corrected chi connectivity index (χ4v) is 3.15. The van der Waals surface area contributed by atoms with E-state index in [1.807, 2.05) is 6.07 Å². The van der Waals surface area contributed by atoms with E-state index in [0.717, 1.165) is 12.2 Å². The van der Waals surface area contributed by atoms with Crippen molar-refractivity contribution in [2.75, 3.05) is 20.8 Å². The number of carbonyl (C=O) groups is 1. The van der Waals surface area contributed by atoms with Gasteiger partial charge < -0.3 is 19.5 Å². The Balaban J connectivity index is 1.63. The maximum atomic E-state index is 12.5. The lowest BCUT2D eigenvalue weighted by Crippen LogP contribution is -2.34. The summed E-state index contributed by atoms with van der Waals surface area (Å²) in [5.74, 6) is 1.89. The number of benzene rings is 2. The first-order valence-corrected chi connectivity index (χ1v) is 9.11. The summed E-state index contributed by atoms with van der Waals surface area (Å²) >= 11 is 0. The molecule has 2 aromatic rings. The number of nitrogens with one attached hydrogen (secondary N) is 1. The van der Waals surface area contributed by atoms with Gasteiger partial charge in [-0.2, -0.15) is 0 Å². The molecule has 0 radical (unpaired) electrons. The normalized spacial score (nSPS) is 15.7. The predicted molar refractivity (Wildman–Crippen MR) is 105 cm³/mol. The molecule has 1 aliphatic rings. The van der Waals surface area contributed by atoms with Crippen molar-refractivity contribution in [3.8, 4) is 17.2 Å². The van der Waals surface area contributed by atoms with Crippen molar-refractivity contribution in [1.82, 2.24) is 5.32 Å². The van der Waals surface area contributed by atoms with E-state index >= 15 is 0 Å². The highest BCUT2D eigenvalue weighted by Crippen LogP contribution is 2.33. The Labute approximate surface area is 160 Å². The second-order valence-corrected chi connectivity index (χ2v) is 7.83.